The van der Waals surface area contributed by atoms with E-state index in [1.54, 1.807) is 0 Å². The highest BCUT2D eigenvalue weighted by atomic mass is 19.4. The van der Waals surface area contributed by atoms with Crippen LogP contribution in [0, 0.1) is 0 Å². The largest absolute Gasteiger partial charge is 0.480 e. The molecule has 2 rings (SSSR count). The summed E-state index contributed by atoms with van der Waals surface area (Å²) in [5.74, 6) is 0.108. The Morgan fingerprint density at radius 2 is 1.80 bits per heavy atom. The average molecular weight is 283 g/mol. The lowest BCUT2D eigenvalue weighted by molar-refractivity contribution is -0.138. The van der Waals surface area contributed by atoms with E-state index in [0.29, 0.717) is 0 Å². The first-order chi connectivity index (χ1) is 9.45. The van der Waals surface area contributed by atoms with Crippen molar-refractivity contribution in [3.63, 3.8) is 0 Å². The zero-order chi connectivity index (χ0) is 14.8. The summed E-state index contributed by atoms with van der Waals surface area (Å²) < 4.78 is 43.9. The Morgan fingerprint density at radius 3 is 2.45 bits per heavy atom. The Morgan fingerprint density at radius 1 is 1.15 bits per heavy atom. The van der Waals surface area contributed by atoms with Crippen LogP contribution in [0.1, 0.15) is 22.9 Å². The molecule has 106 valence electrons. The first kappa shape index (κ1) is 14.3. The van der Waals surface area contributed by atoms with Crippen LogP contribution >= 0.6 is 0 Å². The Kier molecular flexibility index (Phi) is 3.89. The van der Waals surface area contributed by atoms with Gasteiger partial charge in [-0.25, -0.2) is 4.98 Å². The van der Waals surface area contributed by atoms with E-state index in [4.69, 9.17) is 10.5 Å². The van der Waals surface area contributed by atoms with E-state index in [-0.39, 0.29) is 17.1 Å². The third-order valence-corrected chi connectivity index (χ3v) is 2.78. The lowest BCUT2D eigenvalue weighted by Gasteiger charge is -2.18. The van der Waals surface area contributed by atoms with E-state index in [0.717, 1.165) is 6.07 Å². The van der Waals surface area contributed by atoms with Gasteiger partial charge in [0.2, 0.25) is 5.88 Å². The quantitative estimate of drug-likeness (QED) is 0.940. The van der Waals surface area contributed by atoms with Gasteiger partial charge >= 0.3 is 6.18 Å². The van der Waals surface area contributed by atoms with E-state index < -0.39 is 17.8 Å². The third-order valence-electron chi connectivity index (χ3n) is 2.78. The molecule has 2 N–H and O–H groups in total. The summed E-state index contributed by atoms with van der Waals surface area (Å²) in [4.78, 5) is 7.86. The first-order valence-corrected chi connectivity index (χ1v) is 5.71. The van der Waals surface area contributed by atoms with Crippen molar-refractivity contribution < 1.29 is 17.9 Å². The molecular formula is C13H12F3N3O. The van der Waals surface area contributed by atoms with Crippen molar-refractivity contribution in [1.29, 1.82) is 0 Å². The molecule has 0 aliphatic carbocycles. The van der Waals surface area contributed by atoms with Gasteiger partial charge in [0.1, 0.15) is 5.69 Å². The van der Waals surface area contributed by atoms with Crippen LogP contribution in [0.25, 0.3) is 0 Å². The van der Waals surface area contributed by atoms with Gasteiger partial charge in [-0.3, -0.25) is 4.98 Å². The van der Waals surface area contributed by atoms with Crippen LogP contribution < -0.4 is 10.5 Å². The summed E-state index contributed by atoms with van der Waals surface area (Å²) in [5.41, 5.74) is 5.20. The summed E-state index contributed by atoms with van der Waals surface area (Å²) in [6.45, 7) is 0. The molecular weight excluding hydrogens is 271 g/mol. The fourth-order valence-corrected chi connectivity index (χ4v) is 1.88. The van der Waals surface area contributed by atoms with Gasteiger partial charge in [-0.15, -0.1) is 0 Å². The molecule has 7 heteroatoms. The number of rotatable bonds is 3. The van der Waals surface area contributed by atoms with Crippen LogP contribution in [0.15, 0.2) is 36.7 Å². The van der Waals surface area contributed by atoms with Crippen LogP contribution in [-0.2, 0) is 6.18 Å². The number of hydrogen-bond donors (Lipinski definition) is 1. The number of benzene rings is 1. The van der Waals surface area contributed by atoms with Gasteiger partial charge in [0, 0.05) is 12.4 Å². The number of methoxy groups -OCH3 is 1. The Balaban J connectivity index is 2.52. The molecule has 0 radical (unpaired) electrons. The molecule has 0 saturated heterocycles. The summed E-state index contributed by atoms with van der Waals surface area (Å²) >= 11 is 0. The highest BCUT2D eigenvalue weighted by Crippen LogP contribution is 2.36. The minimum atomic E-state index is -4.48. The number of alkyl halides is 3. The predicted molar refractivity (Wildman–Crippen MR) is 66.1 cm³/mol. The predicted octanol–water partition coefficient (Wildman–Crippen LogP) is 2.55. The monoisotopic (exact) mass is 283 g/mol. The van der Waals surface area contributed by atoms with E-state index in [1.165, 1.54) is 37.7 Å². The Labute approximate surface area is 113 Å². The number of aromatic nitrogens is 2. The molecule has 0 bridgehead atoms. The number of halogens is 3. The van der Waals surface area contributed by atoms with Crippen molar-refractivity contribution in [3.05, 3.63) is 53.5 Å². The van der Waals surface area contributed by atoms with Gasteiger partial charge in [0.25, 0.3) is 0 Å². The van der Waals surface area contributed by atoms with Crippen molar-refractivity contribution in [3.8, 4) is 5.88 Å². The molecule has 0 saturated carbocycles. The topological polar surface area (TPSA) is 61.0 Å². The van der Waals surface area contributed by atoms with Crippen LogP contribution in [0.3, 0.4) is 0 Å². The molecule has 1 unspecified atom stereocenters. The van der Waals surface area contributed by atoms with Gasteiger partial charge < -0.3 is 10.5 Å². The molecule has 2 aromatic rings. The van der Waals surface area contributed by atoms with Crippen molar-refractivity contribution in [1.82, 2.24) is 9.97 Å². The molecule has 1 aromatic carbocycles. The summed E-state index contributed by atoms with van der Waals surface area (Å²) in [6, 6.07) is 4.04. The zero-order valence-corrected chi connectivity index (χ0v) is 10.6. The normalized spacial score (nSPS) is 13.1. The summed E-state index contributed by atoms with van der Waals surface area (Å²) in [7, 11) is 1.36. The maximum atomic E-state index is 13.0. The van der Waals surface area contributed by atoms with Gasteiger partial charge in [-0.05, 0) is 11.6 Å². The van der Waals surface area contributed by atoms with Crippen molar-refractivity contribution in [2.45, 2.75) is 12.2 Å². The molecule has 1 heterocycles. The highest BCUT2D eigenvalue weighted by molar-refractivity contribution is 5.39. The lowest BCUT2D eigenvalue weighted by Crippen LogP contribution is -2.20. The molecule has 4 nitrogen and oxygen atoms in total. The van der Waals surface area contributed by atoms with Gasteiger partial charge in [0.15, 0.2) is 0 Å². The van der Waals surface area contributed by atoms with Crippen LogP contribution in [0.5, 0.6) is 5.88 Å². The fraction of sp³-hybridized carbons (Fsp3) is 0.231. The van der Waals surface area contributed by atoms with Crippen LogP contribution in [0.4, 0.5) is 13.2 Å². The first-order valence-electron chi connectivity index (χ1n) is 5.71. The van der Waals surface area contributed by atoms with E-state index in [1.807, 2.05) is 0 Å². The van der Waals surface area contributed by atoms with E-state index in [9.17, 15) is 13.2 Å². The second-order valence-corrected chi connectivity index (χ2v) is 4.01. The average Bonchev–Trinajstić information content (AvgIpc) is 2.45. The molecule has 0 aliphatic heterocycles. The SMILES string of the molecule is COc1nccnc1C(N)c1ccccc1C(F)(F)F. The smallest absolute Gasteiger partial charge is 0.416 e. The molecule has 0 amide bonds. The summed E-state index contributed by atoms with van der Waals surface area (Å²) in [6.07, 6.45) is -1.75. The van der Waals surface area contributed by atoms with Crippen LogP contribution in [0.2, 0.25) is 0 Å². The Bertz CT molecular complexity index is 601. The molecule has 0 spiro atoms. The second kappa shape index (κ2) is 5.46. The number of nitrogens with zero attached hydrogens (tertiary/aromatic N) is 2. The molecule has 1 atom stereocenters. The highest BCUT2D eigenvalue weighted by Gasteiger charge is 2.35. The molecule has 0 fully saturated rings. The minimum Gasteiger partial charge on any atom is -0.480 e. The van der Waals surface area contributed by atoms with Crippen LogP contribution in [-0.4, -0.2) is 17.1 Å². The van der Waals surface area contributed by atoms with Crippen molar-refractivity contribution in [2.75, 3.05) is 7.11 Å². The summed E-state index contributed by atoms with van der Waals surface area (Å²) in [5, 5.41) is 0. The standard InChI is InChI=1S/C13H12F3N3O/c1-20-12-11(18-6-7-19-12)10(17)8-4-2-3-5-9(8)13(14,15)16/h2-7,10H,17H2,1H3. The van der Waals surface area contributed by atoms with Gasteiger partial charge in [-0.2, -0.15) is 13.2 Å². The molecule has 1 aromatic heterocycles. The maximum absolute atomic E-state index is 13.0. The number of ether oxygens (including phenoxy) is 1. The molecule has 20 heavy (non-hydrogen) atoms. The second-order valence-electron chi connectivity index (χ2n) is 4.01. The van der Waals surface area contributed by atoms with Crippen molar-refractivity contribution in [2.24, 2.45) is 5.73 Å². The van der Waals surface area contributed by atoms with Gasteiger partial charge in [-0.1, -0.05) is 18.2 Å². The molecule has 0 aliphatic rings. The van der Waals surface area contributed by atoms with Crippen molar-refractivity contribution >= 4 is 0 Å². The van der Waals surface area contributed by atoms with E-state index >= 15 is 0 Å². The maximum Gasteiger partial charge on any atom is 0.416 e. The third kappa shape index (κ3) is 2.72. The Hall–Kier alpha value is -2.15. The van der Waals surface area contributed by atoms with E-state index in [2.05, 4.69) is 9.97 Å². The van der Waals surface area contributed by atoms with Gasteiger partial charge in [0.05, 0.1) is 18.7 Å². The zero-order valence-electron chi connectivity index (χ0n) is 10.6. The minimum absolute atomic E-state index is 0.0706. The fourth-order valence-electron chi connectivity index (χ4n) is 1.88. The number of nitrogens with two attached hydrogens (primary N) is 1. The number of hydrogen-bond acceptors (Lipinski definition) is 4. The lowest BCUT2D eigenvalue weighted by atomic mass is 9.98.